The lowest BCUT2D eigenvalue weighted by Gasteiger charge is -2.63. The van der Waals surface area contributed by atoms with E-state index in [1.807, 2.05) is 6.92 Å². The molecule has 0 aromatic rings. The lowest BCUT2D eigenvalue weighted by atomic mass is 9.42. The summed E-state index contributed by atoms with van der Waals surface area (Å²) in [5, 5.41) is 13.2. The van der Waals surface area contributed by atoms with E-state index in [0.29, 0.717) is 27.7 Å². The summed E-state index contributed by atoms with van der Waals surface area (Å²) in [5.41, 5.74) is 4.15. The Balaban J connectivity index is 1.55. The van der Waals surface area contributed by atoms with E-state index in [1.54, 1.807) is 0 Å². The minimum atomic E-state index is 0.159. The molecule has 0 aliphatic heterocycles. The van der Waals surface area contributed by atoms with Gasteiger partial charge in [-0.05, 0) is 111 Å². The van der Waals surface area contributed by atoms with Gasteiger partial charge in [-0.1, -0.05) is 45.9 Å². The van der Waals surface area contributed by atoms with Crippen LogP contribution in [0.1, 0.15) is 86.5 Å². The van der Waals surface area contributed by atoms with Crippen molar-refractivity contribution in [2.45, 2.75) is 92.5 Å². The van der Waals surface area contributed by atoms with Gasteiger partial charge in [0.25, 0.3) is 0 Å². The van der Waals surface area contributed by atoms with E-state index in [1.165, 1.54) is 44.1 Å². The van der Waals surface area contributed by atoms with Gasteiger partial charge in [0, 0.05) is 11.5 Å². The quantitative estimate of drug-likeness (QED) is 0.325. The Labute approximate surface area is 184 Å². The number of nitrogens with zero attached hydrogens (tertiary/aromatic N) is 2. The van der Waals surface area contributed by atoms with Crippen LogP contribution in [-0.2, 0) is 0 Å². The Morgan fingerprint density at radius 3 is 2.27 bits per heavy atom. The van der Waals surface area contributed by atoms with Crippen molar-refractivity contribution in [3.8, 4) is 0 Å². The van der Waals surface area contributed by atoms with Gasteiger partial charge >= 0.3 is 0 Å². The second-order valence-electron chi connectivity index (χ2n) is 13.1. The maximum absolute atomic E-state index is 9.54. The summed E-state index contributed by atoms with van der Waals surface area (Å²) in [5.74, 6) is 2.53. The van der Waals surface area contributed by atoms with Crippen molar-refractivity contribution in [1.82, 2.24) is 4.90 Å². The molecule has 0 bridgehead atoms. The molecule has 168 valence electrons. The van der Waals surface area contributed by atoms with Crippen molar-refractivity contribution in [3.05, 3.63) is 11.6 Å². The highest BCUT2D eigenvalue weighted by molar-refractivity contribution is 5.99. The van der Waals surface area contributed by atoms with Crippen molar-refractivity contribution in [2.24, 2.45) is 50.0 Å². The first kappa shape index (κ1) is 21.0. The maximum Gasteiger partial charge on any atom is 0.0799 e. The number of rotatable bonds is 2. The molecule has 8 atom stereocenters. The highest BCUT2D eigenvalue weighted by Gasteiger charge is 2.85. The number of allylic oxidation sites excluding steroid dienone is 2. The van der Waals surface area contributed by atoms with Crippen LogP contribution in [0.5, 0.6) is 0 Å². The number of hydrogen-bond acceptors (Lipinski definition) is 3. The molecule has 0 radical (unpaired) electrons. The number of oxime groups is 1. The molecule has 0 heterocycles. The Morgan fingerprint density at radius 1 is 1.00 bits per heavy atom. The fraction of sp³-hybridized carbons (Fsp3) is 0.889. The van der Waals surface area contributed by atoms with E-state index < -0.39 is 0 Å². The predicted octanol–water partition coefficient (Wildman–Crippen LogP) is 6.37. The van der Waals surface area contributed by atoms with Gasteiger partial charge in [0.05, 0.1) is 5.71 Å². The van der Waals surface area contributed by atoms with Crippen molar-refractivity contribution < 1.29 is 5.21 Å². The van der Waals surface area contributed by atoms with Crippen LogP contribution >= 0.6 is 0 Å². The molecule has 1 unspecified atom stereocenters. The summed E-state index contributed by atoms with van der Waals surface area (Å²) in [6.07, 6.45) is 11.8. The highest BCUT2D eigenvalue weighted by atomic mass is 16.4. The molecule has 4 fully saturated rings. The van der Waals surface area contributed by atoms with Crippen LogP contribution in [0.25, 0.3) is 0 Å². The van der Waals surface area contributed by atoms with Crippen molar-refractivity contribution in [3.63, 3.8) is 0 Å². The summed E-state index contributed by atoms with van der Waals surface area (Å²) in [6, 6.07) is 0.710. The fourth-order valence-electron chi connectivity index (χ4n) is 11.1. The Hall–Kier alpha value is -0.830. The molecule has 0 amide bonds. The Kier molecular flexibility index (Phi) is 4.17. The number of fused-ring (bicyclic) bond motifs is 2. The van der Waals surface area contributed by atoms with Crippen LogP contribution < -0.4 is 0 Å². The van der Waals surface area contributed by atoms with Gasteiger partial charge in [0.2, 0.25) is 0 Å². The van der Waals surface area contributed by atoms with Crippen LogP contribution in [0.2, 0.25) is 0 Å². The molecule has 0 aromatic carbocycles. The lowest BCUT2D eigenvalue weighted by molar-refractivity contribution is -0.135. The molecule has 5 aliphatic carbocycles. The third kappa shape index (κ3) is 1.97. The average Bonchev–Trinajstić information content (AvgIpc) is 3.07. The normalized spacial score (nSPS) is 54.0. The van der Waals surface area contributed by atoms with Gasteiger partial charge in [0.1, 0.15) is 0 Å². The summed E-state index contributed by atoms with van der Waals surface area (Å²) in [6.45, 7) is 14.9. The molecular weight excluding hydrogens is 368 g/mol. The van der Waals surface area contributed by atoms with Gasteiger partial charge in [-0.2, -0.15) is 0 Å². The molecule has 5 aliphatic rings. The smallest absolute Gasteiger partial charge is 0.0799 e. The molecule has 3 heteroatoms. The lowest BCUT2D eigenvalue weighted by Crippen LogP contribution is -2.59. The SMILES string of the molecule is C/C(=N/O)C1=CC[C@@]2(C)[C@@H]3CC[C@H]4C(C)(C)[C@@H](N(C)C)CCC45[C@@H](C)[C@@]35CC[C@]12C. The maximum atomic E-state index is 9.54. The largest absolute Gasteiger partial charge is 0.411 e. The zero-order valence-electron chi connectivity index (χ0n) is 20.7. The molecule has 5 rings (SSSR count). The zero-order valence-corrected chi connectivity index (χ0v) is 20.7. The van der Waals surface area contributed by atoms with Gasteiger partial charge in [-0.3, -0.25) is 0 Å². The topological polar surface area (TPSA) is 35.8 Å². The van der Waals surface area contributed by atoms with Gasteiger partial charge < -0.3 is 10.1 Å². The minimum Gasteiger partial charge on any atom is -0.411 e. The summed E-state index contributed by atoms with van der Waals surface area (Å²) < 4.78 is 0. The first-order valence-electron chi connectivity index (χ1n) is 12.5. The monoisotopic (exact) mass is 412 g/mol. The Morgan fingerprint density at radius 2 is 1.63 bits per heavy atom. The summed E-state index contributed by atoms with van der Waals surface area (Å²) >= 11 is 0. The summed E-state index contributed by atoms with van der Waals surface area (Å²) in [7, 11) is 4.60. The van der Waals surface area contributed by atoms with Crippen LogP contribution in [0.4, 0.5) is 0 Å². The second-order valence-corrected chi connectivity index (χ2v) is 13.1. The fourth-order valence-corrected chi connectivity index (χ4v) is 11.1. The van der Waals surface area contributed by atoms with Crippen LogP contribution in [-0.4, -0.2) is 36.0 Å². The molecule has 30 heavy (non-hydrogen) atoms. The van der Waals surface area contributed by atoms with E-state index in [2.05, 4.69) is 64.8 Å². The predicted molar refractivity (Wildman–Crippen MR) is 124 cm³/mol. The average molecular weight is 413 g/mol. The molecule has 0 saturated heterocycles. The molecule has 1 N–H and O–H groups in total. The minimum absolute atomic E-state index is 0.159. The van der Waals surface area contributed by atoms with E-state index >= 15 is 0 Å². The molecule has 4 saturated carbocycles. The summed E-state index contributed by atoms with van der Waals surface area (Å²) in [4.78, 5) is 2.52. The molecular formula is C27H44N2O. The molecule has 3 nitrogen and oxygen atoms in total. The molecule has 2 spiro atoms. The zero-order chi connectivity index (χ0) is 21.9. The number of hydrogen-bond donors (Lipinski definition) is 1. The van der Waals surface area contributed by atoms with E-state index in [-0.39, 0.29) is 5.41 Å². The highest BCUT2D eigenvalue weighted by Crippen LogP contribution is 2.91. The van der Waals surface area contributed by atoms with Crippen LogP contribution in [0.15, 0.2) is 16.8 Å². The van der Waals surface area contributed by atoms with Crippen molar-refractivity contribution in [1.29, 1.82) is 0 Å². The van der Waals surface area contributed by atoms with Crippen LogP contribution in [0.3, 0.4) is 0 Å². The standard InChI is InChI=1S/C27H44N2O/c1-17(28-30)19-11-13-25(6)21-10-9-20-23(3,4)22(29(7)8)12-14-26(20)18(2)27(21,26)16-15-24(19,25)5/h11,18,20-22,30H,9-10,12-16H2,1-8H3/b28-17-/t18-,20+,21+,22+,24-,25+,26?,27+/m1/s1. The Bertz CT molecular complexity index is 827. The molecule has 0 aromatic heterocycles. The van der Waals surface area contributed by atoms with Crippen LogP contribution in [0, 0.1) is 44.8 Å². The third-order valence-corrected chi connectivity index (χ3v) is 12.5. The van der Waals surface area contributed by atoms with Crippen molar-refractivity contribution in [2.75, 3.05) is 14.1 Å². The van der Waals surface area contributed by atoms with Gasteiger partial charge in [-0.25, -0.2) is 0 Å². The van der Waals surface area contributed by atoms with Gasteiger partial charge in [-0.15, -0.1) is 0 Å². The third-order valence-electron chi connectivity index (χ3n) is 12.5. The van der Waals surface area contributed by atoms with E-state index in [9.17, 15) is 5.21 Å². The second kappa shape index (κ2) is 5.94. The van der Waals surface area contributed by atoms with E-state index in [4.69, 9.17) is 0 Å². The van der Waals surface area contributed by atoms with Crippen molar-refractivity contribution >= 4 is 5.71 Å². The van der Waals surface area contributed by atoms with Gasteiger partial charge in [0.15, 0.2) is 0 Å². The van der Waals surface area contributed by atoms with E-state index in [0.717, 1.165) is 29.9 Å². The first-order chi connectivity index (χ1) is 13.9. The first-order valence-corrected chi connectivity index (χ1v) is 12.5.